The van der Waals surface area contributed by atoms with Crippen molar-refractivity contribution in [1.82, 2.24) is 0 Å². The van der Waals surface area contributed by atoms with E-state index in [2.05, 4.69) is 6.92 Å². The summed E-state index contributed by atoms with van der Waals surface area (Å²) in [6.07, 6.45) is 2.96. The molecular formula is C11H16FNO. The van der Waals surface area contributed by atoms with Crippen molar-refractivity contribution in [2.75, 3.05) is 0 Å². The molecule has 0 spiro atoms. The van der Waals surface area contributed by atoms with E-state index in [1.165, 1.54) is 12.1 Å². The minimum Gasteiger partial charge on any atom is -0.505 e. The maximum Gasteiger partial charge on any atom is 0.165 e. The molecule has 0 aliphatic carbocycles. The van der Waals surface area contributed by atoms with E-state index in [0.29, 0.717) is 0 Å². The Kier molecular flexibility index (Phi) is 3.89. The number of rotatable bonds is 4. The zero-order valence-electron chi connectivity index (χ0n) is 8.33. The zero-order chi connectivity index (χ0) is 10.6. The Morgan fingerprint density at radius 1 is 1.50 bits per heavy atom. The first-order valence-electron chi connectivity index (χ1n) is 4.89. The molecule has 78 valence electrons. The van der Waals surface area contributed by atoms with Crippen LogP contribution in [0.3, 0.4) is 0 Å². The van der Waals surface area contributed by atoms with Gasteiger partial charge in [-0.3, -0.25) is 0 Å². The van der Waals surface area contributed by atoms with Gasteiger partial charge in [0.25, 0.3) is 0 Å². The Bertz CT molecular complexity index is 301. The second kappa shape index (κ2) is 4.96. The fourth-order valence-corrected chi connectivity index (χ4v) is 1.34. The third-order valence-electron chi connectivity index (χ3n) is 2.27. The molecule has 0 saturated heterocycles. The van der Waals surface area contributed by atoms with E-state index in [9.17, 15) is 4.39 Å². The molecule has 1 atom stereocenters. The van der Waals surface area contributed by atoms with Gasteiger partial charge in [-0.1, -0.05) is 25.8 Å². The molecule has 1 rings (SSSR count). The minimum absolute atomic E-state index is 0.134. The Labute approximate surface area is 83.6 Å². The first-order valence-corrected chi connectivity index (χ1v) is 4.89. The molecule has 0 amide bonds. The SMILES string of the molecule is CCCCC(N)c1ccc(O)c(F)c1. The smallest absolute Gasteiger partial charge is 0.165 e. The molecule has 3 N–H and O–H groups in total. The average molecular weight is 197 g/mol. The van der Waals surface area contributed by atoms with Crippen LogP contribution in [0.5, 0.6) is 5.75 Å². The van der Waals surface area contributed by atoms with E-state index in [4.69, 9.17) is 10.8 Å². The Morgan fingerprint density at radius 3 is 2.79 bits per heavy atom. The quantitative estimate of drug-likeness (QED) is 0.779. The fourth-order valence-electron chi connectivity index (χ4n) is 1.34. The number of benzene rings is 1. The lowest BCUT2D eigenvalue weighted by atomic mass is 10.0. The topological polar surface area (TPSA) is 46.2 Å². The lowest BCUT2D eigenvalue weighted by Crippen LogP contribution is -2.10. The second-order valence-electron chi connectivity index (χ2n) is 3.46. The lowest BCUT2D eigenvalue weighted by molar-refractivity contribution is 0.431. The van der Waals surface area contributed by atoms with Gasteiger partial charge < -0.3 is 10.8 Å². The lowest BCUT2D eigenvalue weighted by Gasteiger charge is -2.11. The van der Waals surface area contributed by atoms with Crippen LogP contribution in [-0.2, 0) is 0 Å². The molecule has 0 radical (unpaired) electrons. The third kappa shape index (κ3) is 2.70. The Morgan fingerprint density at radius 2 is 2.21 bits per heavy atom. The summed E-state index contributed by atoms with van der Waals surface area (Å²) in [4.78, 5) is 0. The summed E-state index contributed by atoms with van der Waals surface area (Å²) in [6, 6.07) is 4.18. The van der Waals surface area contributed by atoms with Crippen molar-refractivity contribution in [3.8, 4) is 5.75 Å². The van der Waals surface area contributed by atoms with Crippen molar-refractivity contribution in [3.63, 3.8) is 0 Å². The van der Waals surface area contributed by atoms with Gasteiger partial charge in [0.05, 0.1) is 0 Å². The molecule has 0 fully saturated rings. The number of unbranched alkanes of at least 4 members (excludes halogenated alkanes) is 1. The van der Waals surface area contributed by atoms with E-state index in [-0.39, 0.29) is 11.8 Å². The van der Waals surface area contributed by atoms with Gasteiger partial charge in [-0.05, 0) is 24.1 Å². The number of hydrogen-bond donors (Lipinski definition) is 2. The molecule has 0 bridgehead atoms. The van der Waals surface area contributed by atoms with Gasteiger partial charge in [0, 0.05) is 6.04 Å². The predicted octanol–water partition coefficient (Wildman–Crippen LogP) is 2.72. The fraction of sp³-hybridized carbons (Fsp3) is 0.455. The summed E-state index contributed by atoms with van der Waals surface area (Å²) in [6.45, 7) is 2.09. The number of aromatic hydroxyl groups is 1. The van der Waals surface area contributed by atoms with Crippen LogP contribution in [0.4, 0.5) is 4.39 Å². The van der Waals surface area contributed by atoms with Crippen LogP contribution in [0.15, 0.2) is 18.2 Å². The number of hydrogen-bond acceptors (Lipinski definition) is 2. The van der Waals surface area contributed by atoms with E-state index >= 15 is 0 Å². The van der Waals surface area contributed by atoms with Crippen LogP contribution in [-0.4, -0.2) is 5.11 Å². The molecule has 1 aromatic rings. The summed E-state index contributed by atoms with van der Waals surface area (Å²) in [5.74, 6) is -0.925. The van der Waals surface area contributed by atoms with Gasteiger partial charge in [0.2, 0.25) is 0 Å². The Hall–Kier alpha value is -1.09. The maximum atomic E-state index is 13.0. The largest absolute Gasteiger partial charge is 0.505 e. The molecule has 0 aromatic heterocycles. The number of halogens is 1. The predicted molar refractivity (Wildman–Crippen MR) is 54.5 cm³/mol. The van der Waals surface area contributed by atoms with Crippen molar-refractivity contribution >= 4 is 0 Å². The third-order valence-corrected chi connectivity index (χ3v) is 2.27. The molecule has 1 unspecified atom stereocenters. The van der Waals surface area contributed by atoms with E-state index in [0.717, 1.165) is 24.8 Å². The highest BCUT2D eigenvalue weighted by molar-refractivity contribution is 5.29. The van der Waals surface area contributed by atoms with Gasteiger partial charge in [-0.2, -0.15) is 0 Å². The molecule has 14 heavy (non-hydrogen) atoms. The van der Waals surface area contributed by atoms with Gasteiger partial charge >= 0.3 is 0 Å². The number of phenols is 1. The molecular weight excluding hydrogens is 181 g/mol. The van der Waals surface area contributed by atoms with Crippen LogP contribution < -0.4 is 5.73 Å². The number of phenolic OH excluding ortho intramolecular Hbond substituents is 1. The second-order valence-corrected chi connectivity index (χ2v) is 3.46. The van der Waals surface area contributed by atoms with Crippen LogP contribution in [0, 0.1) is 5.82 Å². The van der Waals surface area contributed by atoms with E-state index < -0.39 is 5.82 Å². The number of nitrogens with two attached hydrogens (primary N) is 1. The molecule has 0 saturated carbocycles. The van der Waals surface area contributed by atoms with Gasteiger partial charge in [0.1, 0.15) is 0 Å². The molecule has 1 aromatic carbocycles. The molecule has 3 heteroatoms. The first-order chi connectivity index (χ1) is 6.65. The Balaban J connectivity index is 2.70. The molecule has 0 aliphatic heterocycles. The first kappa shape index (κ1) is 11.0. The van der Waals surface area contributed by atoms with Crippen molar-refractivity contribution < 1.29 is 9.50 Å². The van der Waals surface area contributed by atoms with Crippen LogP contribution in [0.25, 0.3) is 0 Å². The van der Waals surface area contributed by atoms with Crippen LogP contribution in [0.1, 0.15) is 37.8 Å². The molecule has 0 aliphatic rings. The van der Waals surface area contributed by atoms with E-state index in [1.807, 2.05) is 0 Å². The molecule has 0 heterocycles. The highest BCUT2D eigenvalue weighted by Gasteiger charge is 2.08. The summed E-state index contributed by atoms with van der Waals surface area (Å²) in [5, 5.41) is 8.99. The standard InChI is InChI=1S/C11H16FNO/c1-2-3-4-10(13)8-5-6-11(14)9(12)7-8/h5-7,10,14H,2-4,13H2,1H3. The summed E-state index contributed by atoms with van der Waals surface area (Å²) >= 11 is 0. The van der Waals surface area contributed by atoms with Gasteiger partial charge in [-0.25, -0.2) is 4.39 Å². The van der Waals surface area contributed by atoms with Gasteiger partial charge in [0.15, 0.2) is 11.6 Å². The molecule has 2 nitrogen and oxygen atoms in total. The minimum atomic E-state index is -0.602. The van der Waals surface area contributed by atoms with Crippen molar-refractivity contribution in [3.05, 3.63) is 29.6 Å². The van der Waals surface area contributed by atoms with Crippen molar-refractivity contribution in [1.29, 1.82) is 0 Å². The van der Waals surface area contributed by atoms with Crippen LogP contribution in [0.2, 0.25) is 0 Å². The van der Waals surface area contributed by atoms with Crippen molar-refractivity contribution in [2.45, 2.75) is 32.2 Å². The normalized spacial score (nSPS) is 12.8. The summed E-state index contributed by atoms with van der Waals surface area (Å²) in [7, 11) is 0. The van der Waals surface area contributed by atoms with Crippen molar-refractivity contribution in [2.24, 2.45) is 5.73 Å². The summed E-state index contributed by atoms with van der Waals surface area (Å²) < 4.78 is 13.0. The highest BCUT2D eigenvalue weighted by Crippen LogP contribution is 2.22. The zero-order valence-corrected chi connectivity index (χ0v) is 8.33. The average Bonchev–Trinajstić information content (AvgIpc) is 2.18. The maximum absolute atomic E-state index is 13.0. The van der Waals surface area contributed by atoms with Crippen LogP contribution >= 0.6 is 0 Å². The monoisotopic (exact) mass is 197 g/mol. The van der Waals surface area contributed by atoms with Gasteiger partial charge in [-0.15, -0.1) is 0 Å². The summed E-state index contributed by atoms with van der Waals surface area (Å²) in [5.41, 5.74) is 6.60. The van der Waals surface area contributed by atoms with E-state index in [1.54, 1.807) is 6.07 Å². The highest BCUT2D eigenvalue weighted by atomic mass is 19.1.